The van der Waals surface area contributed by atoms with Crippen LogP contribution in [-0.4, -0.2) is 9.97 Å². The van der Waals surface area contributed by atoms with E-state index in [0.717, 1.165) is 27.4 Å². The molecule has 1 aromatic carbocycles. The van der Waals surface area contributed by atoms with Crippen LogP contribution in [0.4, 0.5) is 8.78 Å². The van der Waals surface area contributed by atoms with Gasteiger partial charge in [-0.3, -0.25) is 0 Å². The van der Waals surface area contributed by atoms with E-state index in [4.69, 9.17) is 0 Å². The fraction of sp³-hybridized carbons (Fsp3) is 0.143. The van der Waals surface area contributed by atoms with Gasteiger partial charge in [-0.2, -0.15) is 0 Å². The molecule has 6 heteroatoms. The van der Waals surface area contributed by atoms with Crippen LogP contribution in [0.25, 0.3) is 10.2 Å². The molecule has 0 aliphatic carbocycles. The summed E-state index contributed by atoms with van der Waals surface area (Å²) in [5, 5.41) is 2.50. The van der Waals surface area contributed by atoms with E-state index in [1.165, 1.54) is 24.2 Å². The third-order valence-corrected chi connectivity index (χ3v) is 5.07. The predicted molar refractivity (Wildman–Crippen MR) is 78.0 cm³/mol. The Morgan fingerprint density at radius 1 is 1.20 bits per heavy atom. The first-order valence-corrected chi connectivity index (χ1v) is 7.71. The Hall–Kier alpha value is -1.53. The lowest BCUT2D eigenvalue weighted by atomic mass is 10.1. The van der Waals surface area contributed by atoms with E-state index in [0.29, 0.717) is 5.56 Å². The Labute approximate surface area is 122 Å². The second kappa shape index (κ2) is 5.46. The molecule has 0 amide bonds. The van der Waals surface area contributed by atoms with Gasteiger partial charge in [0.25, 0.3) is 0 Å². The molecule has 0 aliphatic heterocycles. The standard InChI is InChI=1S/C14H10F2N2S2/c1-8(10-6-9(15)2-3-11(10)16)20-14-13-12(4-5-19-13)17-7-18-14/h2-8H,1H3/t8-/m0/s1. The van der Waals surface area contributed by atoms with Gasteiger partial charge >= 0.3 is 0 Å². The van der Waals surface area contributed by atoms with Gasteiger partial charge in [0.1, 0.15) is 23.0 Å². The van der Waals surface area contributed by atoms with Gasteiger partial charge in [0.15, 0.2) is 0 Å². The van der Waals surface area contributed by atoms with Crippen LogP contribution in [-0.2, 0) is 0 Å². The van der Waals surface area contributed by atoms with Gasteiger partial charge in [0.2, 0.25) is 0 Å². The molecular weight excluding hydrogens is 298 g/mol. The van der Waals surface area contributed by atoms with Crippen LogP contribution in [0.15, 0.2) is 41.0 Å². The molecule has 20 heavy (non-hydrogen) atoms. The zero-order chi connectivity index (χ0) is 14.1. The summed E-state index contributed by atoms with van der Waals surface area (Å²) < 4.78 is 28.0. The third kappa shape index (κ3) is 2.53. The smallest absolute Gasteiger partial charge is 0.127 e. The van der Waals surface area contributed by atoms with Crippen molar-refractivity contribution in [1.29, 1.82) is 0 Å². The lowest BCUT2D eigenvalue weighted by Gasteiger charge is -2.12. The highest BCUT2D eigenvalue weighted by molar-refractivity contribution is 7.99. The second-order valence-corrected chi connectivity index (χ2v) is 6.49. The van der Waals surface area contributed by atoms with Crippen molar-refractivity contribution in [3.63, 3.8) is 0 Å². The van der Waals surface area contributed by atoms with Crippen molar-refractivity contribution < 1.29 is 8.78 Å². The van der Waals surface area contributed by atoms with Gasteiger partial charge in [-0.15, -0.1) is 11.3 Å². The minimum absolute atomic E-state index is 0.231. The SMILES string of the molecule is C[C@H](Sc1ncnc2ccsc12)c1cc(F)ccc1F. The average Bonchev–Trinajstić information content (AvgIpc) is 2.91. The molecule has 102 valence electrons. The fourth-order valence-electron chi connectivity index (χ4n) is 1.91. The fourth-order valence-corrected chi connectivity index (χ4v) is 3.89. The molecule has 0 radical (unpaired) electrons. The first-order chi connectivity index (χ1) is 9.65. The third-order valence-electron chi connectivity index (χ3n) is 2.89. The monoisotopic (exact) mass is 308 g/mol. The highest BCUT2D eigenvalue weighted by atomic mass is 32.2. The number of fused-ring (bicyclic) bond motifs is 1. The summed E-state index contributed by atoms with van der Waals surface area (Å²) in [6, 6.07) is 5.43. The second-order valence-electron chi connectivity index (χ2n) is 4.24. The molecule has 1 atom stereocenters. The maximum absolute atomic E-state index is 13.8. The topological polar surface area (TPSA) is 25.8 Å². The van der Waals surface area contributed by atoms with Gasteiger partial charge < -0.3 is 0 Å². The zero-order valence-corrected chi connectivity index (χ0v) is 12.1. The molecule has 0 saturated heterocycles. The van der Waals surface area contributed by atoms with Gasteiger partial charge in [0.05, 0.1) is 10.2 Å². The van der Waals surface area contributed by atoms with Crippen molar-refractivity contribution in [2.45, 2.75) is 17.2 Å². The molecule has 0 spiro atoms. The highest BCUT2D eigenvalue weighted by Gasteiger charge is 2.16. The highest BCUT2D eigenvalue weighted by Crippen LogP contribution is 2.39. The Balaban J connectivity index is 1.94. The maximum Gasteiger partial charge on any atom is 0.127 e. The lowest BCUT2D eigenvalue weighted by molar-refractivity contribution is 0.586. The number of nitrogens with zero attached hydrogens (tertiary/aromatic N) is 2. The van der Waals surface area contributed by atoms with Gasteiger partial charge in [-0.05, 0) is 36.6 Å². The van der Waals surface area contributed by atoms with Crippen molar-refractivity contribution in [3.05, 3.63) is 53.2 Å². The quantitative estimate of drug-likeness (QED) is 0.512. The number of thioether (sulfide) groups is 1. The summed E-state index contributed by atoms with van der Waals surface area (Å²) in [6.45, 7) is 1.84. The summed E-state index contributed by atoms with van der Waals surface area (Å²) in [5.41, 5.74) is 1.22. The molecule has 0 fully saturated rings. The van der Waals surface area contributed by atoms with Crippen LogP contribution in [0.1, 0.15) is 17.7 Å². The van der Waals surface area contributed by atoms with E-state index < -0.39 is 11.6 Å². The van der Waals surface area contributed by atoms with Gasteiger partial charge in [-0.1, -0.05) is 11.8 Å². The molecular formula is C14H10F2N2S2. The largest absolute Gasteiger partial charge is 0.235 e. The minimum Gasteiger partial charge on any atom is -0.235 e. The predicted octanol–water partition coefficient (Wildman–Crippen LogP) is 4.82. The normalized spacial score (nSPS) is 12.8. The van der Waals surface area contributed by atoms with E-state index in [-0.39, 0.29) is 5.25 Å². The Morgan fingerprint density at radius 2 is 2.05 bits per heavy atom. The Morgan fingerprint density at radius 3 is 2.90 bits per heavy atom. The number of benzene rings is 1. The first-order valence-electron chi connectivity index (χ1n) is 5.95. The zero-order valence-electron chi connectivity index (χ0n) is 10.5. The van der Waals surface area contributed by atoms with E-state index in [1.807, 2.05) is 18.4 Å². The average molecular weight is 308 g/mol. The number of thiophene rings is 1. The van der Waals surface area contributed by atoms with Crippen molar-refractivity contribution in [2.75, 3.05) is 0 Å². The molecule has 0 saturated carbocycles. The van der Waals surface area contributed by atoms with Crippen LogP contribution in [0, 0.1) is 11.6 Å². The number of rotatable bonds is 3. The summed E-state index contributed by atoms with van der Waals surface area (Å²) in [6.07, 6.45) is 1.49. The molecule has 3 aromatic rings. The van der Waals surface area contributed by atoms with E-state index in [9.17, 15) is 8.78 Å². The van der Waals surface area contributed by atoms with E-state index >= 15 is 0 Å². The van der Waals surface area contributed by atoms with E-state index in [1.54, 1.807) is 11.3 Å². The lowest BCUT2D eigenvalue weighted by Crippen LogP contribution is -1.96. The number of halogens is 2. The van der Waals surface area contributed by atoms with Gasteiger partial charge in [-0.25, -0.2) is 18.7 Å². The van der Waals surface area contributed by atoms with Crippen LogP contribution < -0.4 is 0 Å². The molecule has 0 bridgehead atoms. The van der Waals surface area contributed by atoms with Crippen molar-refractivity contribution in [1.82, 2.24) is 9.97 Å². The van der Waals surface area contributed by atoms with Gasteiger partial charge in [0, 0.05) is 10.8 Å². The minimum atomic E-state index is -0.433. The van der Waals surface area contributed by atoms with Crippen LogP contribution in [0.5, 0.6) is 0 Å². The summed E-state index contributed by atoms with van der Waals surface area (Å²) in [4.78, 5) is 8.41. The number of hydrogen-bond donors (Lipinski definition) is 0. The summed E-state index contributed by atoms with van der Waals surface area (Å²) >= 11 is 2.95. The van der Waals surface area contributed by atoms with Crippen LogP contribution in [0.2, 0.25) is 0 Å². The Kier molecular flexibility index (Phi) is 3.67. The van der Waals surface area contributed by atoms with Crippen molar-refractivity contribution in [2.24, 2.45) is 0 Å². The molecule has 3 rings (SSSR count). The number of hydrogen-bond acceptors (Lipinski definition) is 4. The summed E-state index contributed by atoms with van der Waals surface area (Å²) in [7, 11) is 0. The van der Waals surface area contributed by atoms with Crippen LogP contribution in [0.3, 0.4) is 0 Å². The first kappa shape index (κ1) is 13.5. The molecule has 0 N–H and O–H groups in total. The van der Waals surface area contributed by atoms with E-state index in [2.05, 4.69) is 9.97 Å². The molecule has 0 unspecified atom stereocenters. The molecule has 2 nitrogen and oxygen atoms in total. The number of aromatic nitrogens is 2. The Bertz CT molecular complexity index is 758. The van der Waals surface area contributed by atoms with Crippen molar-refractivity contribution >= 4 is 33.3 Å². The van der Waals surface area contributed by atoms with Crippen LogP contribution >= 0.6 is 23.1 Å². The molecule has 2 aromatic heterocycles. The molecule has 0 aliphatic rings. The summed E-state index contributed by atoms with van der Waals surface area (Å²) in [5.74, 6) is -0.833. The maximum atomic E-state index is 13.8. The van der Waals surface area contributed by atoms with Crippen molar-refractivity contribution in [3.8, 4) is 0 Å². The molecule has 2 heterocycles.